The van der Waals surface area contributed by atoms with Crippen LogP contribution in [-0.2, 0) is 10.0 Å². The SMILES string of the molecule is O=C(c1ccc(Cl)c(S(=O)(=O)N2CCCC2)c1)N1CCN(C/C=C/c2ccccc2)CC1. The lowest BCUT2D eigenvalue weighted by Crippen LogP contribution is -2.48. The summed E-state index contributed by atoms with van der Waals surface area (Å²) in [7, 11) is -3.68. The van der Waals surface area contributed by atoms with Crippen LogP contribution in [0, 0.1) is 0 Å². The number of hydrogen-bond donors (Lipinski definition) is 0. The zero-order chi connectivity index (χ0) is 22.6. The Balaban J connectivity index is 1.37. The van der Waals surface area contributed by atoms with Gasteiger partial charge in [0.25, 0.3) is 5.91 Å². The fourth-order valence-corrected chi connectivity index (χ4v) is 6.14. The predicted molar refractivity (Wildman–Crippen MR) is 127 cm³/mol. The number of sulfonamides is 1. The Bertz CT molecular complexity index is 1070. The largest absolute Gasteiger partial charge is 0.336 e. The Kier molecular flexibility index (Phi) is 7.30. The van der Waals surface area contributed by atoms with Crippen LogP contribution in [0.1, 0.15) is 28.8 Å². The van der Waals surface area contributed by atoms with Gasteiger partial charge in [-0.15, -0.1) is 0 Å². The topological polar surface area (TPSA) is 60.9 Å². The van der Waals surface area contributed by atoms with Crippen LogP contribution in [0.3, 0.4) is 0 Å². The van der Waals surface area contributed by atoms with E-state index < -0.39 is 10.0 Å². The molecule has 0 unspecified atom stereocenters. The summed E-state index contributed by atoms with van der Waals surface area (Å²) < 4.78 is 27.4. The molecule has 2 aliphatic rings. The summed E-state index contributed by atoms with van der Waals surface area (Å²) in [4.78, 5) is 17.2. The van der Waals surface area contributed by atoms with E-state index in [1.54, 1.807) is 11.0 Å². The van der Waals surface area contributed by atoms with Gasteiger partial charge in [-0.05, 0) is 36.6 Å². The second-order valence-corrected chi connectivity index (χ2v) is 10.5. The first-order chi connectivity index (χ1) is 15.4. The van der Waals surface area contributed by atoms with Gasteiger partial charge < -0.3 is 4.90 Å². The van der Waals surface area contributed by atoms with Gasteiger partial charge in [0, 0.05) is 51.4 Å². The van der Waals surface area contributed by atoms with Crippen LogP contribution in [0.4, 0.5) is 0 Å². The van der Waals surface area contributed by atoms with Crippen LogP contribution in [0.5, 0.6) is 0 Å². The third-order valence-corrected chi connectivity index (χ3v) is 8.37. The standard InChI is InChI=1S/C24H28ClN3O3S/c25-22-11-10-21(19-23(22)32(30,31)28-13-4-5-14-28)24(29)27-17-15-26(16-18-27)12-6-9-20-7-2-1-3-8-20/h1-3,6-11,19H,4-5,12-18H2/b9-6+. The Morgan fingerprint density at radius 2 is 1.62 bits per heavy atom. The highest BCUT2D eigenvalue weighted by Gasteiger charge is 2.30. The van der Waals surface area contributed by atoms with Crippen LogP contribution in [0.2, 0.25) is 5.02 Å². The number of carbonyl (C=O) groups excluding carboxylic acids is 1. The number of amides is 1. The predicted octanol–water partition coefficient (Wildman–Crippen LogP) is 3.60. The first kappa shape index (κ1) is 23.0. The number of halogens is 1. The van der Waals surface area contributed by atoms with Gasteiger partial charge in [0.15, 0.2) is 0 Å². The maximum atomic E-state index is 13.1. The lowest BCUT2D eigenvalue weighted by atomic mass is 10.1. The van der Waals surface area contributed by atoms with Gasteiger partial charge in [0.2, 0.25) is 10.0 Å². The molecule has 2 saturated heterocycles. The maximum absolute atomic E-state index is 13.1. The van der Waals surface area contributed by atoms with E-state index in [1.165, 1.54) is 22.0 Å². The molecule has 0 radical (unpaired) electrons. The molecule has 0 saturated carbocycles. The van der Waals surface area contributed by atoms with E-state index in [-0.39, 0.29) is 15.8 Å². The van der Waals surface area contributed by atoms with Crippen LogP contribution in [0.15, 0.2) is 59.5 Å². The van der Waals surface area contributed by atoms with Crippen molar-refractivity contribution in [3.63, 3.8) is 0 Å². The molecule has 8 heteroatoms. The lowest BCUT2D eigenvalue weighted by Gasteiger charge is -2.34. The van der Waals surface area contributed by atoms with Crippen molar-refractivity contribution >= 4 is 33.6 Å². The molecule has 2 aromatic carbocycles. The maximum Gasteiger partial charge on any atom is 0.253 e. The van der Waals surface area contributed by atoms with E-state index in [0.29, 0.717) is 31.7 Å². The van der Waals surface area contributed by atoms with Crippen molar-refractivity contribution in [2.24, 2.45) is 0 Å². The van der Waals surface area contributed by atoms with Gasteiger partial charge in [-0.25, -0.2) is 8.42 Å². The van der Waals surface area contributed by atoms with Crippen LogP contribution in [-0.4, -0.2) is 74.2 Å². The van der Waals surface area contributed by atoms with Crippen molar-refractivity contribution in [3.05, 3.63) is 70.8 Å². The summed E-state index contributed by atoms with van der Waals surface area (Å²) in [5.74, 6) is -0.154. The molecule has 2 aliphatic heterocycles. The van der Waals surface area contributed by atoms with Crippen molar-refractivity contribution < 1.29 is 13.2 Å². The molecule has 0 aromatic heterocycles. The molecule has 2 fully saturated rings. The van der Waals surface area contributed by atoms with E-state index in [2.05, 4.69) is 29.2 Å². The fraction of sp³-hybridized carbons (Fsp3) is 0.375. The summed E-state index contributed by atoms with van der Waals surface area (Å²) in [5.41, 5.74) is 1.54. The van der Waals surface area contributed by atoms with Gasteiger partial charge in [-0.1, -0.05) is 54.1 Å². The van der Waals surface area contributed by atoms with E-state index in [9.17, 15) is 13.2 Å². The van der Waals surface area contributed by atoms with Crippen molar-refractivity contribution in [2.45, 2.75) is 17.7 Å². The first-order valence-electron chi connectivity index (χ1n) is 11.0. The van der Waals surface area contributed by atoms with Crippen molar-refractivity contribution in [1.82, 2.24) is 14.1 Å². The zero-order valence-corrected chi connectivity index (χ0v) is 19.6. The Morgan fingerprint density at radius 1 is 0.938 bits per heavy atom. The second kappa shape index (κ2) is 10.2. The quantitative estimate of drug-likeness (QED) is 0.643. The minimum atomic E-state index is -3.68. The normalized spacial score (nSPS) is 18.5. The van der Waals surface area contributed by atoms with E-state index in [1.807, 2.05) is 18.2 Å². The molecule has 6 nitrogen and oxygen atoms in total. The average molecular weight is 474 g/mol. The summed E-state index contributed by atoms with van der Waals surface area (Å²) >= 11 is 6.22. The molecule has 2 heterocycles. The molecule has 32 heavy (non-hydrogen) atoms. The monoisotopic (exact) mass is 473 g/mol. The summed E-state index contributed by atoms with van der Waals surface area (Å²) in [6, 6.07) is 14.7. The highest BCUT2D eigenvalue weighted by atomic mass is 35.5. The Labute approximate surface area is 195 Å². The molecular weight excluding hydrogens is 446 g/mol. The third-order valence-electron chi connectivity index (χ3n) is 5.99. The molecule has 0 N–H and O–H groups in total. The number of carbonyl (C=O) groups is 1. The minimum Gasteiger partial charge on any atom is -0.336 e. The average Bonchev–Trinajstić information content (AvgIpc) is 3.36. The highest BCUT2D eigenvalue weighted by molar-refractivity contribution is 7.89. The van der Waals surface area contributed by atoms with Gasteiger partial charge in [0.1, 0.15) is 4.90 Å². The van der Waals surface area contributed by atoms with E-state index >= 15 is 0 Å². The molecule has 0 aliphatic carbocycles. The highest BCUT2D eigenvalue weighted by Crippen LogP contribution is 2.28. The van der Waals surface area contributed by atoms with Gasteiger partial charge in [-0.2, -0.15) is 4.31 Å². The van der Waals surface area contributed by atoms with Crippen LogP contribution in [0.25, 0.3) is 6.08 Å². The van der Waals surface area contributed by atoms with E-state index in [0.717, 1.165) is 32.5 Å². The molecule has 1 amide bonds. The van der Waals surface area contributed by atoms with Crippen molar-refractivity contribution in [1.29, 1.82) is 0 Å². The molecule has 0 atom stereocenters. The van der Waals surface area contributed by atoms with Crippen molar-refractivity contribution in [2.75, 3.05) is 45.8 Å². The fourth-order valence-electron chi connectivity index (χ4n) is 4.12. The zero-order valence-electron chi connectivity index (χ0n) is 18.0. The minimum absolute atomic E-state index is 0.0246. The third kappa shape index (κ3) is 5.23. The molecule has 4 rings (SSSR count). The molecule has 0 bridgehead atoms. The number of hydrogen-bond acceptors (Lipinski definition) is 4. The second-order valence-electron chi connectivity index (χ2n) is 8.16. The van der Waals surface area contributed by atoms with E-state index in [4.69, 9.17) is 11.6 Å². The van der Waals surface area contributed by atoms with Gasteiger partial charge in [-0.3, -0.25) is 9.69 Å². The molecule has 0 spiro atoms. The number of nitrogens with zero attached hydrogens (tertiary/aromatic N) is 3. The number of rotatable bonds is 6. The summed E-state index contributed by atoms with van der Waals surface area (Å²) in [6.45, 7) is 4.59. The smallest absolute Gasteiger partial charge is 0.253 e. The van der Waals surface area contributed by atoms with Gasteiger partial charge >= 0.3 is 0 Å². The lowest BCUT2D eigenvalue weighted by molar-refractivity contribution is 0.0650. The molecule has 2 aromatic rings. The first-order valence-corrected chi connectivity index (χ1v) is 12.8. The number of benzene rings is 2. The summed E-state index contributed by atoms with van der Waals surface area (Å²) in [6.07, 6.45) is 5.94. The summed E-state index contributed by atoms with van der Waals surface area (Å²) in [5, 5.41) is 0.156. The van der Waals surface area contributed by atoms with Crippen molar-refractivity contribution in [3.8, 4) is 0 Å². The van der Waals surface area contributed by atoms with Crippen LogP contribution >= 0.6 is 11.6 Å². The molecule has 170 valence electrons. The van der Waals surface area contributed by atoms with Gasteiger partial charge in [0.05, 0.1) is 5.02 Å². The Hall–Kier alpha value is -2.19. The Morgan fingerprint density at radius 3 is 2.31 bits per heavy atom. The molecular formula is C24H28ClN3O3S. The number of piperazine rings is 1. The van der Waals surface area contributed by atoms with Crippen LogP contribution < -0.4 is 0 Å².